The van der Waals surface area contributed by atoms with Crippen LogP contribution in [0, 0.1) is 0 Å². The highest BCUT2D eigenvalue weighted by molar-refractivity contribution is 4.67. The van der Waals surface area contributed by atoms with Crippen LogP contribution >= 0.6 is 0 Å². The van der Waals surface area contributed by atoms with Gasteiger partial charge in [-0.3, -0.25) is 0 Å². The first-order chi connectivity index (χ1) is 5.20. The molecule has 0 heterocycles. The Morgan fingerprint density at radius 2 is 1.27 bits per heavy atom. The normalized spacial score (nSPS) is 16.4. The lowest BCUT2D eigenvalue weighted by atomic mass is 10.1. The van der Waals surface area contributed by atoms with Crippen molar-refractivity contribution in [3.63, 3.8) is 0 Å². The molecule has 0 aliphatic rings. The van der Waals surface area contributed by atoms with Crippen molar-refractivity contribution in [3.8, 4) is 0 Å². The lowest BCUT2D eigenvalue weighted by Crippen LogP contribution is -2.35. The van der Waals surface area contributed by atoms with Crippen LogP contribution < -0.4 is 10.6 Å². The first kappa shape index (κ1) is 10.9. The number of nitrogens with one attached hydrogen (secondary N) is 2. The van der Waals surface area contributed by atoms with Gasteiger partial charge in [0.15, 0.2) is 0 Å². The molecule has 2 atom stereocenters. The summed E-state index contributed by atoms with van der Waals surface area (Å²) in [4.78, 5) is 0. The smallest absolute Gasteiger partial charge is 0.00533 e. The maximum Gasteiger partial charge on any atom is 0.00533 e. The molecule has 0 saturated heterocycles. The summed E-state index contributed by atoms with van der Waals surface area (Å²) in [5.74, 6) is 0. The van der Waals surface area contributed by atoms with Gasteiger partial charge in [-0.1, -0.05) is 13.8 Å². The van der Waals surface area contributed by atoms with Crippen molar-refractivity contribution < 1.29 is 0 Å². The summed E-state index contributed by atoms with van der Waals surface area (Å²) in [6.45, 7) is 10.9. The summed E-state index contributed by atoms with van der Waals surface area (Å²) in [6.07, 6.45) is 1.21. The molecule has 0 aliphatic carbocycles. The summed E-state index contributed by atoms with van der Waals surface area (Å²) < 4.78 is 0. The maximum absolute atomic E-state index is 3.39. The van der Waals surface area contributed by atoms with Gasteiger partial charge >= 0.3 is 0 Å². The molecule has 0 rings (SSSR count). The van der Waals surface area contributed by atoms with Crippen LogP contribution in [-0.4, -0.2) is 25.2 Å². The van der Waals surface area contributed by atoms with E-state index in [9.17, 15) is 0 Å². The summed E-state index contributed by atoms with van der Waals surface area (Å²) >= 11 is 0. The van der Waals surface area contributed by atoms with Gasteiger partial charge in [0.05, 0.1) is 0 Å². The van der Waals surface area contributed by atoms with Gasteiger partial charge in [-0.2, -0.15) is 0 Å². The van der Waals surface area contributed by atoms with Crippen LogP contribution in [0.25, 0.3) is 0 Å². The van der Waals surface area contributed by atoms with E-state index in [1.807, 2.05) is 0 Å². The minimum absolute atomic E-state index is 0.633. The van der Waals surface area contributed by atoms with Crippen molar-refractivity contribution in [3.05, 3.63) is 0 Å². The quantitative estimate of drug-likeness (QED) is 0.610. The minimum Gasteiger partial charge on any atom is -0.314 e. The molecule has 0 spiro atoms. The fraction of sp³-hybridized carbons (Fsp3) is 1.00. The van der Waals surface area contributed by atoms with Crippen molar-refractivity contribution in [2.45, 2.75) is 46.2 Å². The molecular formula is C9H22N2. The Morgan fingerprint density at radius 3 is 1.55 bits per heavy atom. The van der Waals surface area contributed by atoms with Crippen LogP contribution in [0.2, 0.25) is 0 Å². The average Bonchev–Trinajstić information content (AvgIpc) is 1.87. The predicted molar refractivity (Wildman–Crippen MR) is 50.9 cm³/mol. The van der Waals surface area contributed by atoms with Crippen molar-refractivity contribution in [1.82, 2.24) is 10.6 Å². The fourth-order valence-corrected chi connectivity index (χ4v) is 1.39. The van der Waals surface area contributed by atoms with Gasteiger partial charge in [0.2, 0.25) is 0 Å². The second-order valence-electron chi connectivity index (χ2n) is 3.15. The molecule has 0 saturated carbocycles. The molecular weight excluding hydrogens is 136 g/mol. The zero-order valence-corrected chi connectivity index (χ0v) is 8.28. The predicted octanol–water partition coefficient (Wildman–Crippen LogP) is 1.37. The van der Waals surface area contributed by atoms with E-state index in [4.69, 9.17) is 0 Å². The molecule has 2 heteroatoms. The highest BCUT2D eigenvalue weighted by Gasteiger charge is 2.04. The van der Waals surface area contributed by atoms with E-state index >= 15 is 0 Å². The Hall–Kier alpha value is -0.0800. The zero-order valence-electron chi connectivity index (χ0n) is 8.28. The molecule has 0 aliphatic heterocycles. The van der Waals surface area contributed by atoms with E-state index in [1.165, 1.54) is 6.42 Å². The third-order valence-electron chi connectivity index (χ3n) is 1.81. The third-order valence-corrected chi connectivity index (χ3v) is 1.81. The number of hydrogen-bond acceptors (Lipinski definition) is 2. The highest BCUT2D eigenvalue weighted by Crippen LogP contribution is 1.95. The summed E-state index contributed by atoms with van der Waals surface area (Å²) in [5.41, 5.74) is 0. The molecule has 0 aromatic heterocycles. The second-order valence-corrected chi connectivity index (χ2v) is 3.15. The third kappa shape index (κ3) is 6.32. The Balaban J connectivity index is 3.32. The van der Waals surface area contributed by atoms with E-state index < -0.39 is 0 Å². The maximum atomic E-state index is 3.39. The Labute approximate surface area is 70.8 Å². The zero-order chi connectivity index (χ0) is 8.69. The highest BCUT2D eigenvalue weighted by atomic mass is 14.9. The van der Waals surface area contributed by atoms with E-state index in [-0.39, 0.29) is 0 Å². The van der Waals surface area contributed by atoms with E-state index in [0.717, 1.165) is 13.1 Å². The first-order valence-corrected chi connectivity index (χ1v) is 4.67. The molecule has 68 valence electrons. The van der Waals surface area contributed by atoms with Crippen molar-refractivity contribution in [2.24, 2.45) is 0 Å². The first-order valence-electron chi connectivity index (χ1n) is 4.67. The Bertz CT molecular complexity index is 73.6. The van der Waals surface area contributed by atoms with Crippen molar-refractivity contribution in [2.75, 3.05) is 13.1 Å². The molecule has 0 radical (unpaired) electrons. The van der Waals surface area contributed by atoms with Crippen molar-refractivity contribution >= 4 is 0 Å². The van der Waals surface area contributed by atoms with Crippen LogP contribution in [0.15, 0.2) is 0 Å². The number of hydrogen-bond donors (Lipinski definition) is 2. The molecule has 2 nitrogen and oxygen atoms in total. The molecule has 2 N–H and O–H groups in total. The Morgan fingerprint density at radius 1 is 0.909 bits per heavy atom. The largest absolute Gasteiger partial charge is 0.314 e. The van der Waals surface area contributed by atoms with Crippen LogP contribution in [-0.2, 0) is 0 Å². The summed E-state index contributed by atoms with van der Waals surface area (Å²) in [5, 5.41) is 6.79. The number of rotatable bonds is 6. The van der Waals surface area contributed by atoms with Crippen LogP contribution in [0.3, 0.4) is 0 Å². The molecule has 0 unspecified atom stereocenters. The second kappa shape index (κ2) is 6.62. The standard InChI is InChI=1S/C9H22N2/c1-5-10-8(3)7-9(4)11-6-2/h8-11H,5-7H2,1-4H3/t8-,9-/m1/s1. The van der Waals surface area contributed by atoms with Gasteiger partial charge < -0.3 is 10.6 Å². The molecule has 0 aromatic rings. The van der Waals surface area contributed by atoms with Gasteiger partial charge in [0.1, 0.15) is 0 Å². The molecule has 0 bridgehead atoms. The summed E-state index contributed by atoms with van der Waals surface area (Å²) in [6, 6.07) is 1.27. The monoisotopic (exact) mass is 158 g/mol. The molecule has 11 heavy (non-hydrogen) atoms. The van der Waals surface area contributed by atoms with E-state index in [2.05, 4.69) is 38.3 Å². The van der Waals surface area contributed by atoms with Crippen LogP contribution in [0.1, 0.15) is 34.1 Å². The lowest BCUT2D eigenvalue weighted by Gasteiger charge is -2.18. The molecule has 0 fully saturated rings. The van der Waals surface area contributed by atoms with Crippen LogP contribution in [0.4, 0.5) is 0 Å². The van der Waals surface area contributed by atoms with E-state index in [0.29, 0.717) is 12.1 Å². The Kier molecular flexibility index (Phi) is 6.57. The van der Waals surface area contributed by atoms with E-state index in [1.54, 1.807) is 0 Å². The van der Waals surface area contributed by atoms with Gasteiger partial charge in [-0.15, -0.1) is 0 Å². The summed E-state index contributed by atoms with van der Waals surface area (Å²) in [7, 11) is 0. The molecule has 0 amide bonds. The van der Waals surface area contributed by atoms with Crippen molar-refractivity contribution in [1.29, 1.82) is 0 Å². The van der Waals surface area contributed by atoms with Gasteiger partial charge in [0.25, 0.3) is 0 Å². The van der Waals surface area contributed by atoms with Gasteiger partial charge in [0, 0.05) is 12.1 Å². The lowest BCUT2D eigenvalue weighted by molar-refractivity contribution is 0.439. The van der Waals surface area contributed by atoms with Crippen LogP contribution in [0.5, 0.6) is 0 Å². The topological polar surface area (TPSA) is 24.1 Å². The molecule has 0 aromatic carbocycles. The van der Waals surface area contributed by atoms with Gasteiger partial charge in [-0.25, -0.2) is 0 Å². The SMILES string of the molecule is CCN[C@H](C)C[C@@H](C)NCC. The fourth-order valence-electron chi connectivity index (χ4n) is 1.39. The minimum atomic E-state index is 0.633. The average molecular weight is 158 g/mol. The van der Waals surface area contributed by atoms with Gasteiger partial charge in [-0.05, 0) is 33.4 Å².